The number of pyridine rings is 1. The van der Waals surface area contributed by atoms with Gasteiger partial charge in [-0.3, -0.25) is 14.9 Å². The van der Waals surface area contributed by atoms with Crippen LogP contribution in [0.15, 0.2) is 53.3 Å². The molecule has 0 fully saturated rings. The summed E-state index contributed by atoms with van der Waals surface area (Å²) in [7, 11) is 1.81. The zero-order valence-electron chi connectivity index (χ0n) is 15.7. The fourth-order valence-corrected chi connectivity index (χ4v) is 3.34. The number of H-pyrrole nitrogens is 1. The minimum atomic E-state index is -0.264. The first-order chi connectivity index (χ1) is 13.5. The minimum absolute atomic E-state index is 0.0258. The van der Waals surface area contributed by atoms with Gasteiger partial charge in [-0.05, 0) is 59.5 Å². The molecule has 0 aliphatic carbocycles. The molecule has 28 heavy (non-hydrogen) atoms. The van der Waals surface area contributed by atoms with Crippen molar-refractivity contribution in [2.24, 2.45) is 0 Å². The van der Waals surface area contributed by atoms with E-state index in [2.05, 4.69) is 31.1 Å². The smallest absolute Gasteiger partial charge is 0.255 e. The number of nitrogens with one attached hydrogen (secondary N) is 1. The van der Waals surface area contributed by atoms with Crippen LogP contribution in [0.1, 0.15) is 35.3 Å². The number of carbonyl (C=O) groups is 1. The van der Waals surface area contributed by atoms with Crippen LogP contribution in [0.2, 0.25) is 0 Å². The molecule has 0 atom stereocenters. The van der Waals surface area contributed by atoms with E-state index in [9.17, 15) is 9.18 Å². The summed E-state index contributed by atoms with van der Waals surface area (Å²) in [6, 6.07) is 10.2. The number of aryl methyl sites for hydroxylation is 1. The highest BCUT2D eigenvalue weighted by Gasteiger charge is 2.12. The van der Waals surface area contributed by atoms with Crippen LogP contribution in [0.5, 0.6) is 0 Å². The lowest BCUT2D eigenvalue weighted by Gasteiger charge is -2.17. The molecule has 0 bridgehead atoms. The van der Waals surface area contributed by atoms with Crippen molar-refractivity contribution in [2.45, 2.75) is 25.7 Å². The number of amides is 1. The van der Waals surface area contributed by atoms with Gasteiger partial charge in [-0.1, -0.05) is 18.6 Å². The van der Waals surface area contributed by atoms with Crippen LogP contribution in [0.4, 0.5) is 4.39 Å². The van der Waals surface area contributed by atoms with Crippen LogP contribution in [0.3, 0.4) is 0 Å². The number of hydrogen-bond acceptors (Lipinski definition) is 3. The maximum atomic E-state index is 13.3. The molecule has 146 valence electrons. The molecule has 1 amide bonds. The van der Waals surface area contributed by atoms with Gasteiger partial charge in [0.2, 0.25) is 0 Å². The van der Waals surface area contributed by atoms with E-state index in [0.29, 0.717) is 12.1 Å². The number of nitrogens with zero attached hydrogens (tertiary/aromatic N) is 3. The summed E-state index contributed by atoms with van der Waals surface area (Å²) in [6.45, 7) is 0.697. The maximum Gasteiger partial charge on any atom is 0.255 e. The Morgan fingerprint density at radius 3 is 2.82 bits per heavy atom. The third-order valence-electron chi connectivity index (χ3n) is 4.49. The lowest BCUT2D eigenvalue weighted by atomic mass is 10.1. The summed E-state index contributed by atoms with van der Waals surface area (Å²) in [5.41, 5.74) is 3.13. The summed E-state index contributed by atoms with van der Waals surface area (Å²) in [5.74, 6) is -0.290. The average molecular weight is 445 g/mol. The Kier molecular flexibility index (Phi) is 6.92. The number of halogens is 2. The van der Waals surface area contributed by atoms with Gasteiger partial charge in [0.15, 0.2) is 0 Å². The number of benzene rings is 1. The van der Waals surface area contributed by atoms with Crippen molar-refractivity contribution in [1.29, 1.82) is 0 Å². The van der Waals surface area contributed by atoms with Crippen LogP contribution in [0.25, 0.3) is 11.3 Å². The Labute approximate surface area is 172 Å². The van der Waals surface area contributed by atoms with E-state index in [-0.39, 0.29) is 11.7 Å². The lowest BCUT2D eigenvalue weighted by Crippen LogP contribution is -2.27. The molecule has 7 heteroatoms. The van der Waals surface area contributed by atoms with Crippen molar-refractivity contribution >= 4 is 21.8 Å². The topological polar surface area (TPSA) is 61.9 Å². The first-order valence-corrected chi connectivity index (χ1v) is 9.98. The van der Waals surface area contributed by atoms with Crippen molar-refractivity contribution in [3.05, 3.63) is 70.3 Å². The Hall–Kier alpha value is -2.54. The lowest BCUT2D eigenvalue weighted by molar-refractivity contribution is 0.0792. The molecule has 1 aromatic carbocycles. The standard InChI is InChI=1S/C21H22BrFN4O/c1-27(21(28)16-10-17(22)14-24-13-16)9-4-2-3-8-19-12-20(26-25-19)15-6-5-7-18(23)11-15/h5-7,10-14H,2-4,8-9H2,1H3,(H,25,26). The summed E-state index contributed by atoms with van der Waals surface area (Å²) >= 11 is 3.34. The number of hydrogen-bond donors (Lipinski definition) is 1. The molecule has 3 aromatic rings. The monoisotopic (exact) mass is 444 g/mol. The Morgan fingerprint density at radius 2 is 2.04 bits per heavy atom. The van der Waals surface area contributed by atoms with E-state index < -0.39 is 0 Å². The van der Waals surface area contributed by atoms with Crippen LogP contribution in [-0.4, -0.2) is 39.6 Å². The third-order valence-corrected chi connectivity index (χ3v) is 4.92. The van der Waals surface area contributed by atoms with E-state index in [1.54, 1.807) is 29.4 Å². The molecular weight excluding hydrogens is 423 g/mol. The summed E-state index contributed by atoms with van der Waals surface area (Å²) in [5, 5.41) is 7.28. The van der Waals surface area contributed by atoms with E-state index in [4.69, 9.17) is 0 Å². The van der Waals surface area contributed by atoms with Gasteiger partial charge < -0.3 is 4.90 Å². The number of carbonyl (C=O) groups excluding carboxylic acids is 1. The molecule has 0 saturated carbocycles. The largest absolute Gasteiger partial charge is 0.342 e. The van der Waals surface area contributed by atoms with Crippen molar-refractivity contribution in [3.63, 3.8) is 0 Å². The van der Waals surface area contributed by atoms with Gasteiger partial charge >= 0.3 is 0 Å². The predicted octanol–water partition coefficient (Wildman–Crippen LogP) is 4.86. The van der Waals surface area contributed by atoms with Gasteiger partial charge in [0, 0.05) is 41.7 Å². The van der Waals surface area contributed by atoms with Crippen molar-refractivity contribution in [2.75, 3.05) is 13.6 Å². The quantitative estimate of drug-likeness (QED) is 0.504. The average Bonchev–Trinajstić information content (AvgIpc) is 3.16. The van der Waals surface area contributed by atoms with Gasteiger partial charge in [0.05, 0.1) is 11.3 Å². The zero-order valence-corrected chi connectivity index (χ0v) is 17.2. The highest BCUT2D eigenvalue weighted by atomic mass is 79.9. The number of aromatic nitrogens is 3. The van der Waals surface area contributed by atoms with Crippen LogP contribution < -0.4 is 0 Å². The normalized spacial score (nSPS) is 10.8. The molecule has 1 N–H and O–H groups in total. The van der Waals surface area contributed by atoms with Crippen LogP contribution in [0, 0.1) is 5.82 Å². The van der Waals surface area contributed by atoms with Crippen LogP contribution in [-0.2, 0) is 6.42 Å². The number of rotatable bonds is 8. The second-order valence-corrected chi connectivity index (χ2v) is 7.63. The van der Waals surface area contributed by atoms with Gasteiger partial charge in [0.25, 0.3) is 5.91 Å². The Bertz CT molecular complexity index is 943. The predicted molar refractivity (Wildman–Crippen MR) is 110 cm³/mol. The summed E-state index contributed by atoms with van der Waals surface area (Å²) in [4.78, 5) is 18.1. The second kappa shape index (κ2) is 9.59. The van der Waals surface area contributed by atoms with Crippen molar-refractivity contribution < 1.29 is 9.18 Å². The molecule has 2 aromatic heterocycles. The summed E-state index contributed by atoms with van der Waals surface area (Å²) < 4.78 is 14.1. The van der Waals surface area contributed by atoms with E-state index >= 15 is 0 Å². The number of aromatic amines is 1. The first kappa shape index (κ1) is 20.2. The SMILES string of the molecule is CN(CCCCCc1cc(-c2cccc(F)c2)n[nH]1)C(=O)c1cncc(Br)c1. The summed E-state index contributed by atoms with van der Waals surface area (Å²) in [6.07, 6.45) is 7.03. The molecule has 0 unspecified atom stereocenters. The molecule has 0 radical (unpaired) electrons. The van der Waals surface area contributed by atoms with Gasteiger partial charge in [-0.15, -0.1) is 0 Å². The highest BCUT2D eigenvalue weighted by Crippen LogP contribution is 2.19. The zero-order chi connectivity index (χ0) is 19.9. The Balaban J connectivity index is 1.41. The molecule has 0 aliphatic rings. The highest BCUT2D eigenvalue weighted by molar-refractivity contribution is 9.10. The fourth-order valence-electron chi connectivity index (χ4n) is 2.98. The van der Waals surface area contributed by atoms with Crippen molar-refractivity contribution in [3.8, 4) is 11.3 Å². The molecule has 2 heterocycles. The molecule has 0 spiro atoms. The third kappa shape index (κ3) is 5.48. The number of unbranched alkanes of at least 4 members (excludes halogenated alkanes) is 2. The van der Waals surface area contributed by atoms with Gasteiger partial charge in [-0.2, -0.15) is 5.10 Å². The molecule has 0 aliphatic heterocycles. The molecular formula is C21H22BrFN4O. The Morgan fingerprint density at radius 1 is 1.18 bits per heavy atom. The first-order valence-electron chi connectivity index (χ1n) is 9.19. The van der Waals surface area contributed by atoms with Crippen molar-refractivity contribution in [1.82, 2.24) is 20.1 Å². The van der Waals surface area contributed by atoms with E-state index in [1.807, 2.05) is 19.2 Å². The van der Waals surface area contributed by atoms with Gasteiger partial charge in [-0.25, -0.2) is 4.39 Å². The van der Waals surface area contributed by atoms with Gasteiger partial charge in [0.1, 0.15) is 5.82 Å². The molecule has 3 rings (SSSR count). The fraction of sp³-hybridized carbons (Fsp3) is 0.286. The second-order valence-electron chi connectivity index (χ2n) is 6.72. The maximum absolute atomic E-state index is 13.3. The molecule has 0 saturated heterocycles. The van der Waals surface area contributed by atoms with E-state index in [1.165, 1.54) is 12.1 Å². The van der Waals surface area contributed by atoms with E-state index in [0.717, 1.165) is 47.1 Å². The minimum Gasteiger partial charge on any atom is -0.342 e. The van der Waals surface area contributed by atoms with Crippen LogP contribution >= 0.6 is 15.9 Å². The molecule has 5 nitrogen and oxygen atoms in total.